The van der Waals surface area contributed by atoms with E-state index in [1.165, 1.54) is 0 Å². The Morgan fingerprint density at radius 3 is 2.46 bits per heavy atom. The largest absolute Gasteiger partial charge is 0.296 e. The van der Waals surface area contributed by atoms with Gasteiger partial charge in [0.05, 0.1) is 16.4 Å². The van der Waals surface area contributed by atoms with Crippen LogP contribution in [0.25, 0.3) is 0 Å². The quantitative estimate of drug-likeness (QED) is 0.651. The summed E-state index contributed by atoms with van der Waals surface area (Å²) >= 11 is 1.77. The molecular formula is C8H15NO2S2. The minimum absolute atomic E-state index is 0.0878. The Morgan fingerprint density at radius 2 is 2.08 bits per heavy atom. The SMILES string of the molecule is CC1(C)CSC2(CCS(=O)(=O)C2)N1. The number of hydrogen-bond donors (Lipinski definition) is 1. The Bertz CT molecular complexity index is 323. The zero-order valence-electron chi connectivity index (χ0n) is 7.96. The van der Waals surface area contributed by atoms with Crippen molar-refractivity contribution in [1.29, 1.82) is 0 Å². The van der Waals surface area contributed by atoms with Gasteiger partial charge >= 0.3 is 0 Å². The highest BCUT2D eigenvalue weighted by molar-refractivity contribution is 8.02. The van der Waals surface area contributed by atoms with Crippen molar-refractivity contribution in [2.45, 2.75) is 30.7 Å². The molecule has 2 aliphatic rings. The van der Waals surface area contributed by atoms with E-state index in [4.69, 9.17) is 0 Å². The first-order chi connectivity index (χ1) is 5.83. The average Bonchev–Trinajstić information content (AvgIpc) is 2.37. The molecule has 2 saturated heterocycles. The molecule has 1 atom stereocenters. The van der Waals surface area contributed by atoms with E-state index in [1.807, 2.05) is 0 Å². The normalized spacial score (nSPS) is 41.4. The van der Waals surface area contributed by atoms with Gasteiger partial charge in [-0.05, 0) is 20.3 Å². The number of thioether (sulfide) groups is 1. The van der Waals surface area contributed by atoms with Crippen molar-refractivity contribution in [3.63, 3.8) is 0 Å². The zero-order valence-corrected chi connectivity index (χ0v) is 9.59. The van der Waals surface area contributed by atoms with Crippen LogP contribution in [0.5, 0.6) is 0 Å². The molecule has 0 aromatic rings. The highest BCUT2D eigenvalue weighted by atomic mass is 32.2. The molecule has 0 aromatic heterocycles. The van der Waals surface area contributed by atoms with Crippen LogP contribution in [0.2, 0.25) is 0 Å². The Hall–Kier alpha value is 0.260. The molecule has 2 rings (SSSR count). The molecule has 0 bridgehead atoms. The van der Waals surface area contributed by atoms with E-state index in [1.54, 1.807) is 11.8 Å². The Morgan fingerprint density at radius 1 is 1.38 bits per heavy atom. The maximum atomic E-state index is 11.3. The van der Waals surface area contributed by atoms with E-state index >= 15 is 0 Å². The molecule has 2 heterocycles. The van der Waals surface area contributed by atoms with Crippen molar-refractivity contribution in [1.82, 2.24) is 5.32 Å². The van der Waals surface area contributed by atoms with E-state index in [9.17, 15) is 8.42 Å². The molecule has 13 heavy (non-hydrogen) atoms. The van der Waals surface area contributed by atoms with E-state index in [0.29, 0.717) is 11.5 Å². The van der Waals surface area contributed by atoms with Crippen LogP contribution in [-0.2, 0) is 9.84 Å². The van der Waals surface area contributed by atoms with Crippen LogP contribution in [0.4, 0.5) is 0 Å². The van der Waals surface area contributed by atoms with Gasteiger partial charge in [-0.25, -0.2) is 8.42 Å². The third-order valence-corrected chi connectivity index (χ3v) is 6.36. The third-order valence-electron chi connectivity index (χ3n) is 2.55. The van der Waals surface area contributed by atoms with Gasteiger partial charge in [0, 0.05) is 11.3 Å². The lowest BCUT2D eigenvalue weighted by Gasteiger charge is -2.25. The van der Waals surface area contributed by atoms with E-state index in [2.05, 4.69) is 19.2 Å². The standard InChI is InChI=1S/C8H15NO2S2/c1-7(2)5-12-8(9-7)3-4-13(10,11)6-8/h9H,3-6H2,1-2H3. The van der Waals surface area contributed by atoms with E-state index in [-0.39, 0.29) is 10.4 Å². The summed E-state index contributed by atoms with van der Waals surface area (Å²) < 4.78 is 22.7. The molecule has 0 amide bonds. The van der Waals surface area contributed by atoms with Crippen molar-refractivity contribution >= 4 is 21.6 Å². The molecule has 0 aliphatic carbocycles. The van der Waals surface area contributed by atoms with Gasteiger partial charge in [0.1, 0.15) is 0 Å². The first-order valence-electron chi connectivity index (χ1n) is 4.46. The second kappa shape index (κ2) is 2.64. The highest BCUT2D eigenvalue weighted by Crippen LogP contribution is 2.42. The van der Waals surface area contributed by atoms with Crippen molar-refractivity contribution in [2.75, 3.05) is 17.3 Å². The van der Waals surface area contributed by atoms with Crippen molar-refractivity contribution in [2.24, 2.45) is 0 Å². The van der Waals surface area contributed by atoms with Gasteiger partial charge < -0.3 is 0 Å². The summed E-state index contributed by atoms with van der Waals surface area (Å²) in [6, 6.07) is 0. The monoisotopic (exact) mass is 221 g/mol. The topological polar surface area (TPSA) is 46.2 Å². The van der Waals surface area contributed by atoms with Crippen molar-refractivity contribution < 1.29 is 8.42 Å². The summed E-state index contributed by atoms with van der Waals surface area (Å²) in [5, 5.41) is 3.44. The summed E-state index contributed by atoms with van der Waals surface area (Å²) in [6.07, 6.45) is 0.767. The minimum atomic E-state index is -2.77. The number of sulfone groups is 1. The van der Waals surface area contributed by atoms with E-state index < -0.39 is 9.84 Å². The number of nitrogens with one attached hydrogen (secondary N) is 1. The Balaban J connectivity index is 2.19. The molecule has 5 heteroatoms. The summed E-state index contributed by atoms with van der Waals surface area (Å²) in [5.74, 6) is 1.67. The lowest BCUT2D eigenvalue weighted by atomic mass is 10.1. The molecule has 2 aliphatic heterocycles. The van der Waals surface area contributed by atoms with Crippen LogP contribution in [0, 0.1) is 0 Å². The summed E-state index contributed by atoms with van der Waals surface area (Å²) in [5.41, 5.74) is 0.0878. The first-order valence-corrected chi connectivity index (χ1v) is 7.27. The summed E-state index contributed by atoms with van der Waals surface area (Å²) in [6.45, 7) is 4.25. The van der Waals surface area contributed by atoms with Gasteiger partial charge in [0.2, 0.25) is 0 Å². The number of hydrogen-bond acceptors (Lipinski definition) is 4. The molecule has 1 N–H and O–H groups in total. The van der Waals surface area contributed by atoms with Gasteiger partial charge in [-0.1, -0.05) is 0 Å². The van der Waals surface area contributed by atoms with Crippen LogP contribution >= 0.6 is 11.8 Å². The molecule has 3 nitrogen and oxygen atoms in total. The van der Waals surface area contributed by atoms with Gasteiger partial charge in [-0.2, -0.15) is 0 Å². The van der Waals surface area contributed by atoms with Crippen LogP contribution < -0.4 is 5.32 Å². The second-order valence-electron chi connectivity index (χ2n) is 4.63. The molecule has 0 saturated carbocycles. The lowest BCUT2D eigenvalue weighted by Crippen LogP contribution is -2.47. The molecule has 1 spiro atoms. The van der Waals surface area contributed by atoms with E-state index in [0.717, 1.165) is 12.2 Å². The molecular weight excluding hydrogens is 206 g/mol. The fraction of sp³-hybridized carbons (Fsp3) is 1.00. The fourth-order valence-electron chi connectivity index (χ4n) is 2.04. The maximum absolute atomic E-state index is 11.3. The van der Waals surface area contributed by atoms with Gasteiger partial charge in [0.25, 0.3) is 0 Å². The van der Waals surface area contributed by atoms with Crippen LogP contribution in [0.1, 0.15) is 20.3 Å². The Labute approximate surface area is 83.6 Å². The number of rotatable bonds is 0. The van der Waals surface area contributed by atoms with Crippen molar-refractivity contribution in [3.8, 4) is 0 Å². The van der Waals surface area contributed by atoms with Gasteiger partial charge in [-0.15, -0.1) is 11.8 Å². The fourth-order valence-corrected chi connectivity index (χ4v) is 6.08. The second-order valence-corrected chi connectivity index (χ2v) is 8.18. The third kappa shape index (κ3) is 1.87. The first kappa shape index (κ1) is 9.80. The molecule has 76 valence electrons. The average molecular weight is 221 g/mol. The molecule has 2 fully saturated rings. The summed E-state index contributed by atoms with van der Waals surface area (Å²) in [4.78, 5) is -0.164. The minimum Gasteiger partial charge on any atom is -0.296 e. The molecule has 0 radical (unpaired) electrons. The molecule has 1 unspecified atom stereocenters. The van der Waals surface area contributed by atoms with Gasteiger partial charge in [-0.3, -0.25) is 5.32 Å². The lowest BCUT2D eigenvalue weighted by molar-refractivity contribution is 0.385. The van der Waals surface area contributed by atoms with Gasteiger partial charge in [0.15, 0.2) is 9.84 Å². The highest BCUT2D eigenvalue weighted by Gasteiger charge is 2.49. The predicted octanol–water partition coefficient (Wildman–Crippen LogP) is 0.616. The maximum Gasteiger partial charge on any atom is 0.153 e. The van der Waals surface area contributed by atoms with Crippen molar-refractivity contribution in [3.05, 3.63) is 0 Å². The Kier molecular flexibility index (Phi) is 1.99. The summed E-state index contributed by atoms with van der Waals surface area (Å²) in [7, 11) is -2.77. The van der Waals surface area contributed by atoms with Crippen LogP contribution in [0.3, 0.4) is 0 Å². The van der Waals surface area contributed by atoms with Crippen LogP contribution in [0.15, 0.2) is 0 Å². The zero-order chi connectivity index (χ0) is 9.74. The molecule has 0 aromatic carbocycles. The van der Waals surface area contributed by atoms with Crippen LogP contribution in [-0.4, -0.2) is 36.1 Å². The predicted molar refractivity (Wildman–Crippen MR) is 55.7 cm³/mol. The smallest absolute Gasteiger partial charge is 0.153 e.